The molecule has 2 aromatic rings. The van der Waals surface area contributed by atoms with Crippen LogP contribution in [0.2, 0.25) is 0 Å². The minimum absolute atomic E-state index is 0.101. The van der Waals surface area contributed by atoms with E-state index in [2.05, 4.69) is 0 Å². The minimum Gasteiger partial charge on any atom is -0.313 e. The van der Waals surface area contributed by atoms with E-state index in [1.807, 2.05) is 63.2 Å². The maximum Gasteiger partial charge on any atom is 0.232 e. The lowest BCUT2D eigenvalue weighted by Crippen LogP contribution is -2.37. The minimum atomic E-state index is -3.48. The highest BCUT2D eigenvalue weighted by molar-refractivity contribution is 7.92. The largest absolute Gasteiger partial charge is 0.313 e. The van der Waals surface area contributed by atoms with Crippen LogP contribution >= 0.6 is 0 Å². The zero-order chi connectivity index (χ0) is 19.3. The summed E-state index contributed by atoms with van der Waals surface area (Å²) in [6, 6.07) is 14.9. The van der Waals surface area contributed by atoms with Crippen molar-refractivity contribution in [3.63, 3.8) is 0 Å². The average molecular weight is 375 g/mol. The van der Waals surface area contributed by atoms with Crippen molar-refractivity contribution >= 4 is 27.3 Å². The number of carbonyl (C=O) groups is 1. The van der Waals surface area contributed by atoms with Crippen LogP contribution < -0.4 is 9.21 Å². The van der Waals surface area contributed by atoms with Gasteiger partial charge >= 0.3 is 0 Å². The first-order valence-corrected chi connectivity index (χ1v) is 10.5. The van der Waals surface area contributed by atoms with E-state index in [0.29, 0.717) is 12.2 Å². The summed E-state index contributed by atoms with van der Waals surface area (Å²) < 4.78 is 25.8. The van der Waals surface area contributed by atoms with E-state index in [9.17, 15) is 13.2 Å². The zero-order valence-electron chi connectivity index (χ0n) is 15.8. The summed E-state index contributed by atoms with van der Waals surface area (Å²) in [5.74, 6) is -0.101. The molecule has 0 aliphatic rings. The summed E-state index contributed by atoms with van der Waals surface area (Å²) in [4.78, 5) is 14.3. The van der Waals surface area contributed by atoms with Crippen molar-refractivity contribution in [2.24, 2.45) is 0 Å². The fourth-order valence-corrected chi connectivity index (χ4v) is 3.73. The molecule has 0 saturated heterocycles. The van der Waals surface area contributed by atoms with Gasteiger partial charge < -0.3 is 4.90 Å². The number of carbonyl (C=O) groups excluding carboxylic acids is 1. The number of aryl methyl sites for hydroxylation is 2. The standard InChI is InChI=1S/C20H26N2O3S/c1-5-21(18-9-7-6-8-10-18)20(23)13-14-22(26(4,24)25)19-12-11-16(2)17(3)15-19/h6-12,15H,5,13-14H2,1-4H3. The van der Waals surface area contributed by atoms with Crippen LogP contribution in [0.5, 0.6) is 0 Å². The molecule has 2 aromatic carbocycles. The Balaban J connectivity index is 2.19. The molecular weight excluding hydrogens is 348 g/mol. The van der Waals surface area contributed by atoms with E-state index in [1.165, 1.54) is 10.6 Å². The molecule has 140 valence electrons. The Hall–Kier alpha value is -2.34. The van der Waals surface area contributed by atoms with Gasteiger partial charge in [0.25, 0.3) is 0 Å². The van der Waals surface area contributed by atoms with Crippen molar-refractivity contribution in [3.8, 4) is 0 Å². The van der Waals surface area contributed by atoms with Gasteiger partial charge in [0.05, 0.1) is 11.9 Å². The second-order valence-electron chi connectivity index (χ2n) is 6.33. The third-order valence-corrected chi connectivity index (χ3v) is 5.59. The molecule has 0 aliphatic heterocycles. The van der Waals surface area contributed by atoms with Gasteiger partial charge in [-0.2, -0.15) is 0 Å². The van der Waals surface area contributed by atoms with E-state index < -0.39 is 10.0 Å². The number of anilines is 2. The van der Waals surface area contributed by atoms with Crippen molar-refractivity contribution in [2.45, 2.75) is 27.2 Å². The van der Waals surface area contributed by atoms with Gasteiger partial charge in [-0.25, -0.2) is 8.42 Å². The number of rotatable bonds is 7. The van der Waals surface area contributed by atoms with E-state index in [0.717, 1.165) is 16.8 Å². The van der Waals surface area contributed by atoms with Crippen molar-refractivity contribution in [1.82, 2.24) is 0 Å². The molecule has 2 rings (SSSR count). The van der Waals surface area contributed by atoms with E-state index in [4.69, 9.17) is 0 Å². The quantitative estimate of drug-likeness (QED) is 0.745. The first kappa shape index (κ1) is 20.0. The number of sulfonamides is 1. The van der Waals surface area contributed by atoms with Gasteiger partial charge in [-0.3, -0.25) is 9.10 Å². The highest BCUT2D eigenvalue weighted by Crippen LogP contribution is 2.22. The fraction of sp³-hybridized carbons (Fsp3) is 0.350. The fourth-order valence-electron chi connectivity index (χ4n) is 2.81. The maximum atomic E-state index is 12.7. The first-order valence-electron chi connectivity index (χ1n) is 8.64. The molecule has 5 nitrogen and oxygen atoms in total. The van der Waals surface area contributed by atoms with Crippen molar-refractivity contribution < 1.29 is 13.2 Å². The SMILES string of the molecule is CCN(C(=O)CCN(c1ccc(C)c(C)c1)S(C)(=O)=O)c1ccccc1. The predicted octanol–water partition coefficient (Wildman–Crippen LogP) is 3.51. The molecule has 26 heavy (non-hydrogen) atoms. The number of hydrogen-bond acceptors (Lipinski definition) is 3. The van der Waals surface area contributed by atoms with Crippen LogP contribution in [-0.4, -0.2) is 33.7 Å². The van der Waals surface area contributed by atoms with Gasteiger partial charge in [-0.15, -0.1) is 0 Å². The topological polar surface area (TPSA) is 57.7 Å². The van der Waals surface area contributed by atoms with Crippen molar-refractivity contribution in [1.29, 1.82) is 0 Å². The predicted molar refractivity (Wildman–Crippen MR) is 107 cm³/mol. The molecule has 0 aromatic heterocycles. The Morgan fingerprint density at radius 2 is 1.62 bits per heavy atom. The number of benzene rings is 2. The molecule has 0 atom stereocenters. The summed E-state index contributed by atoms with van der Waals surface area (Å²) >= 11 is 0. The smallest absolute Gasteiger partial charge is 0.232 e. The summed E-state index contributed by atoms with van der Waals surface area (Å²) in [5.41, 5.74) is 3.52. The van der Waals surface area contributed by atoms with Gasteiger partial charge in [0.2, 0.25) is 15.9 Å². The number of hydrogen-bond donors (Lipinski definition) is 0. The van der Waals surface area contributed by atoms with Gasteiger partial charge in [0.1, 0.15) is 0 Å². The first-order chi connectivity index (χ1) is 12.2. The van der Waals surface area contributed by atoms with Crippen molar-refractivity contribution in [3.05, 3.63) is 59.7 Å². The highest BCUT2D eigenvalue weighted by Gasteiger charge is 2.21. The van der Waals surface area contributed by atoms with Gasteiger partial charge in [0.15, 0.2) is 0 Å². The molecule has 0 heterocycles. The molecule has 0 aliphatic carbocycles. The van der Waals surface area contributed by atoms with Crippen molar-refractivity contribution in [2.75, 3.05) is 28.6 Å². The van der Waals surface area contributed by atoms with Crippen LogP contribution in [0, 0.1) is 13.8 Å². The molecule has 0 radical (unpaired) electrons. The lowest BCUT2D eigenvalue weighted by molar-refractivity contribution is -0.118. The Bertz CT molecular complexity index is 864. The second-order valence-corrected chi connectivity index (χ2v) is 8.23. The molecule has 0 bridgehead atoms. The third-order valence-electron chi connectivity index (χ3n) is 4.39. The Morgan fingerprint density at radius 1 is 0.962 bits per heavy atom. The van der Waals surface area contributed by atoms with Gasteiger partial charge in [0, 0.05) is 25.2 Å². The van der Waals surface area contributed by atoms with Crippen LogP contribution in [0.4, 0.5) is 11.4 Å². The summed E-state index contributed by atoms with van der Waals surface area (Å²) in [7, 11) is -3.48. The molecule has 1 amide bonds. The van der Waals surface area contributed by atoms with Crippen LogP contribution in [0.1, 0.15) is 24.5 Å². The molecule has 0 N–H and O–H groups in total. The highest BCUT2D eigenvalue weighted by atomic mass is 32.2. The van der Waals surface area contributed by atoms with Crippen LogP contribution in [-0.2, 0) is 14.8 Å². The van der Waals surface area contributed by atoms with Gasteiger partial charge in [-0.05, 0) is 56.2 Å². The lowest BCUT2D eigenvalue weighted by Gasteiger charge is -2.25. The number of amides is 1. The summed E-state index contributed by atoms with van der Waals surface area (Å²) in [6.07, 6.45) is 1.28. The molecule has 0 unspecified atom stereocenters. The third kappa shape index (κ3) is 4.85. The summed E-state index contributed by atoms with van der Waals surface area (Å²) in [5, 5.41) is 0. The Morgan fingerprint density at radius 3 is 2.15 bits per heavy atom. The van der Waals surface area contributed by atoms with Crippen LogP contribution in [0.15, 0.2) is 48.5 Å². The second kappa shape index (κ2) is 8.36. The van der Waals surface area contributed by atoms with Crippen LogP contribution in [0.25, 0.3) is 0 Å². The average Bonchev–Trinajstić information content (AvgIpc) is 2.58. The molecule has 0 fully saturated rings. The summed E-state index contributed by atoms with van der Waals surface area (Å²) in [6.45, 7) is 6.47. The van der Waals surface area contributed by atoms with E-state index >= 15 is 0 Å². The molecule has 0 spiro atoms. The van der Waals surface area contributed by atoms with Gasteiger partial charge in [-0.1, -0.05) is 24.3 Å². The Labute approximate surface area is 156 Å². The van der Waals surface area contributed by atoms with Crippen LogP contribution in [0.3, 0.4) is 0 Å². The lowest BCUT2D eigenvalue weighted by atomic mass is 10.1. The normalized spacial score (nSPS) is 11.2. The molecule has 0 saturated carbocycles. The molecular formula is C20H26N2O3S. The number of para-hydroxylation sites is 1. The monoisotopic (exact) mass is 374 g/mol. The zero-order valence-corrected chi connectivity index (χ0v) is 16.6. The maximum absolute atomic E-state index is 12.7. The van der Waals surface area contributed by atoms with E-state index in [1.54, 1.807) is 11.0 Å². The molecule has 6 heteroatoms. The number of nitrogens with zero attached hydrogens (tertiary/aromatic N) is 2. The Kier molecular flexibility index (Phi) is 6.42. The van der Waals surface area contributed by atoms with E-state index in [-0.39, 0.29) is 18.9 Å².